The van der Waals surface area contributed by atoms with Crippen molar-refractivity contribution in [3.05, 3.63) is 70.7 Å². The fourth-order valence-electron chi connectivity index (χ4n) is 4.56. The molecule has 4 heteroatoms. The summed E-state index contributed by atoms with van der Waals surface area (Å²) < 4.78 is 20.5. The van der Waals surface area contributed by atoms with Crippen LogP contribution < -0.4 is 4.74 Å². The first-order valence-corrected chi connectivity index (χ1v) is 9.82. The van der Waals surface area contributed by atoms with E-state index < -0.39 is 5.82 Å². The first-order valence-electron chi connectivity index (χ1n) is 9.82. The van der Waals surface area contributed by atoms with Crippen molar-refractivity contribution in [2.24, 2.45) is 0 Å². The Kier molecular flexibility index (Phi) is 3.99. The molecule has 142 valence electrons. The molecule has 0 spiro atoms. The third-order valence-corrected chi connectivity index (χ3v) is 5.87. The molecule has 0 amide bonds. The lowest BCUT2D eigenvalue weighted by Crippen LogP contribution is -2.09. The molecule has 0 saturated carbocycles. The van der Waals surface area contributed by atoms with Crippen LogP contribution in [0.3, 0.4) is 0 Å². The first-order chi connectivity index (χ1) is 14.1. The van der Waals surface area contributed by atoms with Gasteiger partial charge in [-0.3, -0.25) is 4.98 Å². The van der Waals surface area contributed by atoms with Crippen LogP contribution in [-0.4, -0.2) is 11.6 Å². The van der Waals surface area contributed by atoms with E-state index in [9.17, 15) is 9.65 Å². The van der Waals surface area contributed by atoms with Crippen molar-refractivity contribution >= 4 is 21.7 Å². The van der Waals surface area contributed by atoms with E-state index in [0.717, 1.165) is 57.0 Å². The van der Waals surface area contributed by atoms with E-state index in [2.05, 4.69) is 13.8 Å². The summed E-state index contributed by atoms with van der Waals surface area (Å²) in [5, 5.41) is 12.0. The molecular weight excluding hydrogens is 363 g/mol. The highest BCUT2D eigenvalue weighted by Crippen LogP contribution is 2.42. The summed E-state index contributed by atoms with van der Waals surface area (Å²) >= 11 is 0. The quantitative estimate of drug-likeness (QED) is 0.435. The molecule has 0 bridgehead atoms. The van der Waals surface area contributed by atoms with Crippen molar-refractivity contribution in [3.63, 3.8) is 0 Å². The van der Waals surface area contributed by atoms with Crippen LogP contribution in [0.25, 0.3) is 32.8 Å². The minimum Gasteiger partial charge on any atom is -0.493 e. The lowest BCUT2D eigenvalue weighted by atomic mass is 9.86. The summed E-state index contributed by atoms with van der Waals surface area (Å²) in [5.41, 5.74) is 6.44. The van der Waals surface area contributed by atoms with Crippen molar-refractivity contribution in [2.45, 2.75) is 26.7 Å². The van der Waals surface area contributed by atoms with Crippen molar-refractivity contribution < 1.29 is 9.13 Å². The van der Waals surface area contributed by atoms with Crippen LogP contribution >= 0.6 is 0 Å². The topological polar surface area (TPSA) is 45.9 Å². The molecule has 2 heterocycles. The Labute approximate surface area is 168 Å². The number of fused-ring (bicyclic) bond motifs is 1. The predicted octanol–water partition coefficient (Wildman–Crippen LogP) is 5.87. The summed E-state index contributed by atoms with van der Waals surface area (Å²) in [6, 6.07) is 13.2. The van der Waals surface area contributed by atoms with Gasteiger partial charge in [0.05, 0.1) is 17.7 Å². The van der Waals surface area contributed by atoms with Gasteiger partial charge in [0.15, 0.2) is 0 Å². The van der Waals surface area contributed by atoms with Gasteiger partial charge in [0.25, 0.3) is 0 Å². The number of pyridine rings is 1. The van der Waals surface area contributed by atoms with E-state index in [1.165, 1.54) is 17.2 Å². The normalized spacial score (nSPS) is 12.8. The Morgan fingerprint density at radius 2 is 2.07 bits per heavy atom. The molecule has 0 fully saturated rings. The number of ether oxygens (including phenoxy) is 1. The molecule has 0 unspecified atom stereocenters. The number of nitrogens with zero attached hydrogens (tertiary/aromatic N) is 2. The van der Waals surface area contributed by atoms with Crippen LogP contribution in [-0.2, 0) is 12.8 Å². The second-order valence-corrected chi connectivity index (χ2v) is 7.47. The van der Waals surface area contributed by atoms with Gasteiger partial charge in [-0.05, 0) is 76.7 Å². The Hall–Kier alpha value is -3.45. The Morgan fingerprint density at radius 1 is 1.21 bits per heavy atom. The van der Waals surface area contributed by atoms with E-state index >= 15 is 0 Å². The predicted molar refractivity (Wildman–Crippen MR) is 113 cm³/mol. The maximum Gasteiger partial charge on any atom is 0.141 e. The highest BCUT2D eigenvalue weighted by molar-refractivity contribution is 6.08. The summed E-state index contributed by atoms with van der Waals surface area (Å²) in [4.78, 5) is 4.70. The van der Waals surface area contributed by atoms with Crippen LogP contribution in [0, 0.1) is 24.1 Å². The van der Waals surface area contributed by atoms with Gasteiger partial charge in [-0.25, -0.2) is 4.39 Å². The fraction of sp³-hybridized carbons (Fsp3) is 0.200. The van der Waals surface area contributed by atoms with Gasteiger partial charge in [-0.15, -0.1) is 0 Å². The molecule has 3 aromatic carbocycles. The van der Waals surface area contributed by atoms with E-state index in [4.69, 9.17) is 9.72 Å². The van der Waals surface area contributed by atoms with E-state index in [0.29, 0.717) is 6.61 Å². The lowest BCUT2D eigenvalue weighted by Gasteiger charge is -2.22. The number of aromatic nitrogens is 1. The largest absolute Gasteiger partial charge is 0.493 e. The second kappa shape index (κ2) is 6.56. The van der Waals surface area contributed by atoms with Crippen LogP contribution in [0.2, 0.25) is 0 Å². The average molecular weight is 382 g/mol. The molecule has 1 aromatic heterocycles. The SMILES string of the molecule is CCc1c(C)cc2cc(C#N)c(F)cc2c1-c1ccc2c3c(ccnc13)CCO2. The number of aryl methyl sites for hydroxylation is 1. The van der Waals surface area contributed by atoms with Gasteiger partial charge in [-0.1, -0.05) is 13.0 Å². The monoisotopic (exact) mass is 382 g/mol. The number of hydrogen-bond acceptors (Lipinski definition) is 3. The number of nitriles is 1. The molecule has 4 aromatic rings. The lowest BCUT2D eigenvalue weighted by molar-refractivity contribution is 0.318. The summed E-state index contributed by atoms with van der Waals surface area (Å²) in [5.74, 6) is 0.359. The molecule has 0 aliphatic carbocycles. The number of hydrogen-bond donors (Lipinski definition) is 0. The molecule has 0 saturated heterocycles. The summed E-state index contributed by atoms with van der Waals surface area (Å²) in [6.45, 7) is 4.85. The van der Waals surface area contributed by atoms with Crippen molar-refractivity contribution in [1.29, 1.82) is 5.26 Å². The van der Waals surface area contributed by atoms with Crippen LogP contribution in [0.1, 0.15) is 29.2 Å². The minimum atomic E-state index is -0.494. The van der Waals surface area contributed by atoms with Crippen molar-refractivity contribution in [2.75, 3.05) is 6.61 Å². The Bertz CT molecular complexity index is 1340. The minimum absolute atomic E-state index is 0.0653. The second-order valence-electron chi connectivity index (χ2n) is 7.47. The van der Waals surface area contributed by atoms with Crippen LogP contribution in [0.5, 0.6) is 5.75 Å². The number of benzene rings is 3. The van der Waals surface area contributed by atoms with Crippen LogP contribution in [0.15, 0.2) is 42.6 Å². The molecule has 0 N–H and O–H groups in total. The maximum atomic E-state index is 14.6. The zero-order valence-corrected chi connectivity index (χ0v) is 16.3. The van der Waals surface area contributed by atoms with E-state index in [1.54, 1.807) is 6.07 Å². The molecule has 29 heavy (non-hydrogen) atoms. The number of halogens is 1. The fourth-order valence-corrected chi connectivity index (χ4v) is 4.56. The maximum absolute atomic E-state index is 14.6. The Morgan fingerprint density at radius 3 is 2.86 bits per heavy atom. The van der Waals surface area contributed by atoms with E-state index in [1.807, 2.05) is 36.5 Å². The molecular formula is C25H19FN2O. The zero-order chi connectivity index (χ0) is 20.1. The molecule has 3 nitrogen and oxygen atoms in total. The third kappa shape index (κ3) is 2.58. The van der Waals surface area contributed by atoms with Gasteiger partial charge < -0.3 is 4.74 Å². The molecule has 0 radical (unpaired) electrons. The van der Waals surface area contributed by atoms with Gasteiger partial charge in [0.1, 0.15) is 17.6 Å². The van der Waals surface area contributed by atoms with Gasteiger partial charge in [-0.2, -0.15) is 5.26 Å². The molecule has 1 aliphatic rings. The van der Waals surface area contributed by atoms with Gasteiger partial charge >= 0.3 is 0 Å². The third-order valence-electron chi connectivity index (χ3n) is 5.87. The highest BCUT2D eigenvalue weighted by atomic mass is 19.1. The van der Waals surface area contributed by atoms with Crippen molar-refractivity contribution in [3.8, 4) is 22.9 Å². The first kappa shape index (κ1) is 17.6. The van der Waals surface area contributed by atoms with Crippen LogP contribution in [0.4, 0.5) is 4.39 Å². The standard InChI is InChI=1S/C25H19FN2O/c1-3-18-14(2)10-16-11-17(13-27)21(26)12-20(16)24(18)19-4-5-22-23-15(7-9-29-22)6-8-28-25(19)23/h4-6,8,10-12H,3,7,9H2,1-2H3. The summed E-state index contributed by atoms with van der Waals surface area (Å²) in [7, 11) is 0. The average Bonchev–Trinajstić information content (AvgIpc) is 2.74. The summed E-state index contributed by atoms with van der Waals surface area (Å²) in [6.07, 6.45) is 3.51. The van der Waals surface area contributed by atoms with Crippen molar-refractivity contribution in [1.82, 2.24) is 4.98 Å². The smallest absolute Gasteiger partial charge is 0.141 e. The Balaban J connectivity index is 1.95. The molecule has 1 aliphatic heterocycles. The van der Waals surface area contributed by atoms with Gasteiger partial charge in [0.2, 0.25) is 0 Å². The molecule has 5 rings (SSSR count). The highest BCUT2D eigenvalue weighted by Gasteiger charge is 2.21. The van der Waals surface area contributed by atoms with E-state index in [-0.39, 0.29) is 5.56 Å². The molecule has 0 atom stereocenters. The zero-order valence-electron chi connectivity index (χ0n) is 16.3. The number of rotatable bonds is 2. The van der Waals surface area contributed by atoms with Gasteiger partial charge in [0, 0.05) is 23.6 Å².